The van der Waals surface area contributed by atoms with Gasteiger partial charge in [-0.3, -0.25) is 9.78 Å². The first-order valence-electron chi connectivity index (χ1n) is 10.2. The van der Waals surface area contributed by atoms with E-state index in [1.54, 1.807) is 0 Å². The first kappa shape index (κ1) is 30.1. The van der Waals surface area contributed by atoms with Crippen LogP contribution in [0.5, 0.6) is 0 Å². The SMILES string of the molecule is CN1CCc2c(COCC(=O)N3CCCC3)cncc2C1.O=C(O)C(F)(F)F.O=C(O)C(F)(F)F. The molecule has 1 aromatic heterocycles. The molecule has 0 atom stereocenters. The molecule has 0 unspecified atom stereocenters. The van der Waals surface area contributed by atoms with E-state index in [1.165, 1.54) is 11.1 Å². The van der Waals surface area contributed by atoms with Gasteiger partial charge in [-0.05, 0) is 43.0 Å². The largest absolute Gasteiger partial charge is 0.490 e. The van der Waals surface area contributed by atoms with Gasteiger partial charge in [-0.2, -0.15) is 26.3 Å². The van der Waals surface area contributed by atoms with Crippen LogP contribution < -0.4 is 0 Å². The van der Waals surface area contributed by atoms with Crippen molar-refractivity contribution in [3.63, 3.8) is 0 Å². The molecule has 0 spiro atoms. The first-order valence-corrected chi connectivity index (χ1v) is 10.2. The monoisotopic (exact) mass is 517 g/mol. The number of hydrogen-bond donors (Lipinski definition) is 2. The summed E-state index contributed by atoms with van der Waals surface area (Å²) >= 11 is 0. The number of nitrogens with zero attached hydrogens (tertiary/aromatic N) is 3. The lowest BCUT2D eigenvalue weighted by atomic mass is 9.98. The van der Waals surface area contributed by atoms with Crippen molar-refractivity contribution in [1.82, 2.24) is 14.8 Å². The number of hydrogen-bond acceptors (Lipinski definition) is 6. The molecule has 0 aromatic carbocycles. The van der Waals surface area contributed by atoms with E-state index in [-0.39, 0.29) is 12.5 Å². The van der Waals surface area contributed by atoms with Crippen LogP contribution in [0.2, 0.25) is 0 Å². The molecule has 3 heterocycles. The lowest BCUT2D eigenvalue weighted by molar-refractivity contribution is -0.193. The minimum absolute atomic E-state index is 0.116. The van der Waals surface area contributed by atoms with E-state index in [9.17, 15) is 31.1 Å². The Morgan fingerprint density at radius 2 is 1.49 bits per heavy atom. The highest BCUT2D eigenvalue weighted by Crippen LogP contribution is 2.21. The second-order valence-electron chi connectivity index (χ2n) is 7.61. The molecule has 1 aromatic rings. The molecule has 1 fully saturated rings. The van der Waals surface area contributed by atoms with Crippen molar-refractivity contribution in [2.24, 2.45) is 0 Å². The Morgan fingerprint density at radius 3 is 1.97 bits per heavy atom. The summed E-state index contributed by atoms with van der Waals surface area (Å²) in [6.45, 7) is 4.45. The van der Waals surface area contributed by atoms with Gasteiger partial charge >= 0.3 is 24.3 Å². The molecule has 2 aliphatic heterocycles. The summed E-state index contributed by atoms with van der Waals surface area (Å²) in [7, 11) is 2.13. The highest BCUT2D eigenvalue weighted by Gasteiger charge is 2.38. The first-order chi connectivity index (χ1) is 16.1. The number of likely N-dealkylation sites (N-methyl/N-ethyl adjacent to an activating group) is 1. The van der Waals surface area contributed by atoms with Crippen molar-refractivity contribution in [2.75, 3.05) is 33.3 Å². The Hall–Kier alpha value is -2.94. The molecule has 198 valence electrons. The van der Waals surface area contributed by atoms with Crippen molar-refractivity contribution in [2.45, 2.75) is 44.8 Å². The maximum Gasteiger partial charge on any atom is 0.490 e. The molecule has 1 amide bonds. The van der Waals surface area contributed by atoms with Gasteiger partial charge in [0.05, 0.1) is 6.61 Å². The van der Waals surface area contributed by atoms with Crippen molar-refractivity contribution in [3.05, 3.63) is 29.1 Å². The molecule has 0 aliphatic carbocycles. The van der Waals surface area contributed by atoms with Crippen molar-refractivity contribution >= 4 is 17.8 Å². The number of fused-ring (bicyclic) bond motifs is 1. The van der Waals surface area contributed by atoms with Gasteiger partial charge in [0.1, 0.15) is 6.61 Å². The van der Waals surface area contributed by atoms with Gasteiger partial charge in [-0.15, -0.1) is 0 Å². The van der Waals surface area contributed by atoms with Crippen molar-refractivity contribution in [1.29, 1.82) is 0 Å². The van der Waals surface area contributed by atoms with E-state index in [1.807, 2.05) is 17.3 Å². The Kier molecular flexibility index (Phi) is 11.4. The molecular formula is C20H25F6N3O6. The number of ether oxygens (including phenoxy) is 1. The van der Waals surface area contributed by atoms with Gasteiger partial charge < -0.3 is 24.7 Å². The maximum atomic E-state index is 11.9. The van der Waals surface area contributed by atoms with Crippen LogP contribution >= 0.6 is 0 Å². The zero-order valence-electron chi connectivity index (χ0n) is 18.7. The van der Waals surface area contributed by atoms with Gasteiger partial charge in [-0.25, -0.2) is 9.59 Å². The lowest BCUT2D eigenvalue weighted by Crippen LogP contribution is -2.31. The third-order valence-corrected chi connectivity index (χ3v) is 4.85. The number of halogens is 6. The van der Waals surface area contributed by atoms with Crippen LogP contribution in [-0.2, 0) is 38.7 Å². The summed E-state index contributed by atoms with van der Waals surface area (Å²) in [4.78, 5) is 38.2. The highest BCUT2D eigenvalue weighted by atomic mass is 19.4. The van der Waals surface area contributed by atoms with E-state index >= 15 is 0 Å². The Morgan fingerprint density at radius 1 is 0.971 bits per heavy atom. The number of rotatable bonds is 4. The minimum Gasteiger partial charge on any atom is -0.475 e. The summed E-state index contributed by atoms with van der Waals surface area (Å²) in [5.74, 6) is -5.40. The summed E-state index contributed by atoms with van der Waals surface area (Å²) in [5, 5.41) is 14.2. The van der Waals surface area contributed by atoms with Gasteiger partial charge in [0.25, 0.3) is 0 Å². The number of alkyl halides is 6. The number of amides is 1. The van der Waals surface area contributed by atoms with Crippen LogP contribution in [0.3, 0.4) is 0 Å². The molecule has 9 nitrogen and oxygen atoms in total. The smallest absolute Gasteiger partial charge is 0.475 e. The second-order valence-corrected chi connectivity index (χ2v) is 7.61. The summed E-state index contributed by atoms with van der Waals surface area (Å²) in [6.07, 6.45) is -3.06. The van der Waals surface area contributed by atoms with Crippen LogP contribution in [-0.4, -0.2) is 88.5 Å². The Bertz CT molecular complexity index is 848. The molecule has 1 saturated heterocycles. The number of aromatic nitrogens is 1. The van der Waals surface area contributed by atoms with Crippen molar-refractivity contribution in [3.8, 4) is 0 Å². The molecule has 35 heavy (non-hydrogen) atoms. The summed E-state index contributed by atoms with van der Waals surface area (Å²) in [5.41, 5.74) is 3.78. The van der Waals surface area contributed by atoms with Gasteiger partial charge in [0, 0.05) is 38.6 Å². The molecule has 0 radical (unpaired) electrons. The third kappa shape index (κ3) is 10.9. The normalized spacial score (nSPS) is 15.8. The fourth-order valence-corrected chi connectivity index (χ4v) is 3.14. The van der Waals surface area contributed by atoms with Crippen LogP contribution in [0.1, 0.15) is 29.5 Å². The zero-order chi connectivity index (χ0) is 26.8. The summed E-state index contributed by atoms with van der Waals surface area (Å²) < 4.78 is 69.1. The molecule has 15 heteroatoms. The predicted molar refractivity (Wildman–Crippen MR) is 107 cm³/mol. The number of carbonyl (C=O) groups is 3. The topological polar surface area (TPSA) is 120 Å². The van der Waals surface area contributed by atoms with Crippen LogP contribution in [0.25, 0.3) is 0 Å². The molecular weight excluding hydrogens is 492 g/mol. The molecule has 0 bridgehead atoms. The van der Waals surface area contributed by atoms with E-state index < -0.39 is 24.3 Å². The van der Waals surface area contributed by atoms with Gasteiger partial charge in [0.15, 0.2) is 0 Å². The number of likely N-dealkylation sites (tertiary alicyclic amines) is 1. The third-order valence-electron chi connectivity index (χ3n) is 4.85. The van der Waals surface area contributed by atoms with E-state index in [0.29, 0.717) is 6.61 Å². The number of carboxylic acid groups (broad SMARTS) is 2. The average molecular weight is 517 g/mol. The highest BCUT2D eigenvalue weighted by molar-refractivity contribution is 5.77. The second kappa shape index (κ2) is 13.2. The fourth-order valence-electron chi connectivity index (χ4n) is 3.14. The number of carbonyl (C=O) groups excluding carboxylic acids is 1. The van der Waals surface area contributed by atoms with E-state index in [4.69, 9.17) is 24.5 Å². The standard InChI is InChI=1S/C16H23N3O2.2C2HF3O2/c1-18-7-4-15-13(10-18)8-17-9-14(15)11-21-12-16(20)19-5-2-3-6-19;2*3-2(4,5)1(6)7/h8-9H,2-7,10-12H2,1H3;2*(H,6,7). The van der Waals surface area contributed by atoms with Crippen LogP contribution in [0, 0.1) is 0 Å². The van der Waals surface area contributed by atoms with E-state index in [0.717, 1.165) is 51.0 Å². The molecule has 2 N–H and O–H groups in total. The van der Waals surface area contributed by atoms with Gasteiger partial charge in [0.2, 0.25) is 5.91 Å². The molecule has 3 rings (SSSR count). The van der Waals surface area contributed by atoms with E-state index in [2.05, 4.69) is 16.9 Å². The van der Waals surface area contributed by atoms with Crippen molar-refractivity contribution < 1.29 is 55.7 Å². The zero-order valence-corrected chi connectivity index (χ0v) is 18.7. The summed E-state index contributed by atoms with van der Waals surface area (Å²) in [6, 6.07) is 0. The fraction of sp³-hybridized carbons (Fsp3) is 0.600. The molecule has 0 saturated carbocycles. The maximum absolute atomic E-state index is 11.9. The number of pyridine rings is 1. The minimum atomic E-state index is -5.08. The number of aliphatic carboxylic acids is 2. The number of carboxylic acids is 2. The van der Waals surface area contributed by atoms with Crippen LogP contribution in [0.4, 0.5) is 26.3 Å². The van der Waals surface area contributed by atoms with Crippen LogP contribution in [0.15, 0.2) is 12.4 Å². The Balaban J connectivity index is 0.000000362. The molecule has 2 aliphatic rings. The quantitative estimate of drug-likeness (QED) is 0.585. The Labute approximate surface area is 196 Å². The predicted octanol–water partition coefficient (Wildman–Crippen LogP) is 2.48. The lowest BCUT2D eigenvalue weighted by Gasteiger charge is -2.26. The average Bonchev–Trinajstić information content (AvgIpc) is 3.28. The van der Waals surface area contributed by atoms with Gasteiger partial charge in [-0.1, -0.05) is 0 Å².